The van der Waals surface area contributed by atoms with E-state index in [1.807, 2.05) is 0 Å². The van der Waals surface area contributed by atoms with Crippen LogP contribution in [0.15, 0.2) is 18.2 Å². The summed E-state index contributed by atoms with van der Waals surface area (Å²) in [5, 5.41) is 9.89. The summed E-state index contributed by atoms with van der Waals surface area (Å²) in [5.74, 6) is 0.478. The molecule has 2 rings (SSSR count). The van der Waals surface area contributed by atoms with Gasteiger partial charge in [-0.2, -0.15) is 0 Å². The molecule has 104 valence electrons. The van der Waals surface area contributed by atoms with E-state index in [0.29, 0.717) is 31.4 Å². The van der Waals surface area contributed by atoms with Gasteiger partial charge in [-0.05, 0) is 12.1 Å². The van der Waals surface area contributed by atoms with Crippen LogP contribution in [0.25, 0.3) is 0 Å². The number of benzene rings is 1. The highest BCUT2D eigenvalue weighted by molar-refractivity contribution is 6.18. The fourth-order valence-corrected chi connectivity index (χ4v) is 2.28. The third kappa shape index (κ3) is 2.93. The lowest BCUT2D eigenvalue weighted by molar-refractivity contribution is 0.00441. The van der Waals surface area contributed by atoms with Crippen molar-refractivity contribution in [1.82, 2.24) is 4.90 Å². The summed E-state index contributed by atoms with van der Waals surface area (Å²) < 4.78 is 10.3. The Morgan fingerprint density at radius 1 is 1.63 bits per heavy atom. The molecular formula is C13H16ClNO4. The van der Waals surface area contributed by atoms with Crippen molar-refractivity contribution in [3.05, 3.63) is 23.8 Å². The third-order valence-electron chi connectivity index (χ3n) is 3.10. The molecule has 1 unspecified atom stereocenters. The first kappa shape index (κ1) is 14.0. The summed E-state index contributed by atoms with van der Waals surface area (Å²) in [5.41, 5.74) is 0.248. The molecule has 0 saturated carbocycles. The minimum Gasteiger partial charge on any atom is -0.507 e. The van der Waals surface area contributed by atoms with E-state index in [9.17, 15) is 9.90 Å². The maximum atomic E-state index is 12.4. The minimum absolute atomic E-state index is 0.0934. The summed E-state index contributed by atoms with van der Waals surface area (Å²) in [7, 11) is 1.50. The number of rotatable bonds is 3. The number of hydrogen-bond donors (Lipinski definition) is 1. The maximum absolute atomic E-state index is 12.4. The molecule has 6 heteroatoms. The topological polar surface area (TPSA) is 59.0 Å². The van der Waals surface area contributed by atoms with Gasteiger partial charge in [0.05, 0.1) is 31.9 Å². The Morgan fingerprint density at radius 3 is 3.05 bits per heavy atom. The van der Waals surface area contributed by atoms with E-state index < -0.39 is 0 Å². The molecule has 1 fully saturated rings. The van der Waals surface area contributed by atoms with Crippen LogP contribution >= 0.6 is 11.6 Å². The van der Waals surface area contributed by atoms with Crippen LogP contribution in [-0.4, -0.2) is 54.7 Å². The van der Waals surface area contributed by atoms with Crippen molar-refractivity contribution < 1.29 is 19.4 Å². The number of methoxy groups -OCH3 is 1. The average Bonchev–Trinajstić information content (AvgIpc) is 2.46. The van der Waals surface area contributed by atoms with E-state index >= 15 is 0 Å². The molecule has 1 heterocycles. The van der Waals surface area contributed by atoms with Gasteiger partial charge in [0.25, 0.3) is 5.91 Å². The van der Waals surface area contributed by atoms with E-state index in [1.165, 1.54) is 13.2 Å². The fourth-order valence-electron chi connectivity index (χ4n) is 2.02. The fraction of sp³-hybridized carbons (Fsp3) is 0.462. The number of morpholine rings is 1. The Morgan fingerprint density at radius 2 is 2.42 bits per heavy atom. The highest BCUT2D eigenvalue weighted by atomic mass is 35.5. The van der Waals surface area contributed by atoms with E-state index in [-0.39, 0.29) is 23.3 Å². The molecule has 1 atom stereocenters. The van der Waals surface area contributed by atoms with Crippen molar-refractivity contribution >= 4 is 17.5 Å². The van der Waals surface area contributed by atoms with E-state index in [1.54, 1.807) is 17.0 Å². The van der Waals surface area contributed by atoms with Crippen LogP contribution in [0.5, 0.6) is 11.5 Å². The van der Waals surface area contributed by atoms with Gasteiger partial charge in [-0.1, -0.05) is 0 Å². The molecule has 5 nitrogen and oxygen atoms in total. The molecule has 0 aromatic heterocycles. The van der Waals surface area contributed by atoms with Crippen LogP contribution in [0.4, 0.5) is 0 Å². The van der Waals surface area contributed by atoms with Crippen molar-refractivity contribution in [1.29, 1.82) is 0 Å². The molecule has 19 heavy (non-hydrogen) atoms. The molecule has 1 saturated heterocycles. The Labute approximate surface area is 116 Å². The Bertz CT molecular complexity index is 466. The highest BCUT2D eigenvalue weighted by Gasteiger charge is 2.28. The zero-order valence-corrected chi connectivity index (χ0v) is 11.4. The second-order valence-corrected chi connectivity index (χ2v) is 4.57. The van der Waals surface area contributed by atoms with Gasteiger partial charge in [0, 0.05) is 18.5 Å². The summed E-state index contributed by atoms with van der Waals surface area (Å²) in [6.07, 6.45) is 0. The second-order valence-electron chi connectivity index (χ2n) is 4.26. The number of hydrogen-bond acceptors (Lipinski definition) is 4. The zero-order chi connectivity index (χ0) is 13.8. The number of carbonyl (C=O) groups is 1. The number of ether oxygens (including phenoxy) is 2. The molecule has 1 aromatic rings. The van der Waals surface area contributed by atoms with Crippen molar-refractivity contribution in [2.45, 2.75) is 6.04 Å². The maximum Gasteiger partial charge on any atom is 0.258 e. The third-order valence-corrected chi connectivity index (χ3v) is 3.46. The zero-order valence-electron chi connectivity index (χ0n) is 10.6. The SMILES string of the molecule is COc1ccc(C(=O)N2CCOCC2CCl)c(O)c1. The molecule has 1 aromatic carbocycles. The molecular weight excluding hydrogens is 270 g/mol. The number of alkyl halides is 1. The standard InChI is InChI=1S/C13H16ClNO4/c1-18-10-2-3-11(12(16)6-10)13(17)15-4-5-19-8-9(15)7-14/h2-3,6,9,16H,4-5,7-8H2,1H3. The number of phenolic OH excluding ortho intramolecular Hbond substituents is 1. The lowest BCUT2D eigenvalue weighted by Crippen LogP contribution is -2.49. The Balaban J connectivity index is 2.23. The summed E-state index contributed by atoms with van der Waals surface area (Å²) in [4.78, 5) is 14.0. The predicted molar refractivity (Wildman–Crippen MR) is 71.0 cm³/mol. The molecule has 0 radical (unpaired) electrons. The molecule has 0 spiro atoms. The van der Waals surface area contributed by atoms with Crippen LogP contribution < -0.4 is 4.74 Å². The van der Waals surface area contributed by atoms with Gasteiger partial charge in [-0.25, -0.2) is 0 Å². The number of phenols is 1. The van der Waals surface area contributed by atoms with Gasteiger partial charge >= 0.3 is 0 Å². The van der Waals surface area contributed by atoms with Crippen LogP contribution in [-0.2, 0) is 4.74 Å². The molecule has 1 aliphatic heterocycles. The average molecular weight is 286 g/mol. The summed E-state index contributed by atoms with van der Waals surface area (Å²) >= 11 is 5.84. The van der Waals surface area contributed by atoms with Crippen LogP contribution in [0, 0.1) is 0 Å². The van der Waals surface area contributed by atoms with E-state index in [0.717, 1.165) is 0 Å². The number of amides is 1. The van der Waals surface area contributed by atoms with Crippen molar-refractivity contribution in [3.63, 3.8) is 0 Å². The van der Waals surface area contributed by atoms with Gasteiger partial charge < -0.3 is 19.5 Å². The highest BCUT2D eigenvalue weighted by Crippen LogP contribution is 2.25. The Hall–Kier alpha value is -1.46. The van der Waals surface area contributed by atoms with Gasteiger partial charge in [0.2, 0.25) is 0 Å². The molecule has 1 aliphatic rings. The van der Waals surface area contributed by atoms with E-state index in [2.05, 4.69) is 0 Å². The Kier molecular flexibility index (Phi) is 4.50. The summed E-state index contributed by atoms with van der Waals surface area (Å²) in [6, 6.07) is 4.45. The molecule has 0 aliphatic carbocycles. The van der Waals surface area contributed by atoms with Gasteiger partial charge in [-0.3, -0.25) is 4.79 Å². The largest absolute Gasteiger partial charge is 0.507 e. The van der Waals surface area contributed by atoms with Crippen LogP contribution in [0.3, 0.4) is 0 Å². The molecule has 1 N–H and O–H groups in total. The number of halogens is 1. The normalized spacial score (nSPS) is 19.3. The molecule has 0 bridgehead atoms. The van der Waals surface area contributed by atoms with Gasteiger partial charge in [-0.15, -0.1) is 11.6 Å². The van der Waals surface area contributed by atoms with E-state index in [4.69, 9.17) is 21.1 Å². The van der Waals surface area contributed by atoms with Crippen molar-refractivity contribution in [2.75, 3.05) is 32.7 Å². The van der Waals surface area contributed by atoms with Gasteiger partial charge in [0.15, 0.2) is 0 Å². The van der Waals surface area contributed by atoms with Crippen molar-refractivity contribution in [2.24, 2.45) is 0 Å². The predicted octanol–water partition coefficient (Wildman–Crippen LogP) is 1.48. The lowest BCUT2D eigenvalue weighted by Gasteiger charge is -2.34. The first-order valence-corrected chi connectivity index (χ1v) is 6.52. The minimum atomic E-state index is -0.242. The first-order valence-electron chi connectivity index (χ1n) is 5.99. The number of nitrogens with zero attached hydrogens (tertiary/aromatic N) is 1. The second kappa shape index (κ2) is 6.12. The number of aromatic hydroxyl groups is 1. The first-order chi connectivity index (χ1) is 9.17. The smallest absolute Gasteiger partial charge is 0.258 e. The monoisotopic (exact) mass is 285 g/mol. The summed E-state index contributed by atoms with van der Waals surface area (Å²) in [6.45, 7) is 1.38. The quantitative estimate of drug-likeness (QED) is 0.855. The van der Waals surface area contributed by atoms with Crippen LogP contribution in [0.1, 0.15) is 10.4 Å². The lowest BCUT2D eigenvalue weighted by atomic mass is 10.1. The van der Waals surface area contributed by atoms with Crippen molar-refractivity contribution in [3.8, 4) is 11.5 Å². The van der Waals surface area contributed by atoms with Crippen LogP contribution in [0.2, 0.25) is 0 Å². The molecule has 1 amide bonds. The van der Waals surface area contributed by atoms with Gasteiger partial charge in [0.1, 0.15) is 11.5 Å². The number of carbonyl (C=O) groups excluding carboxylic acids is 1.